The van der Waals surface area contributed by atoms with Crippen molar-refractivity contribution >= 4 is 11.8 Å². The van der Waals surface area contributed by atoms with E-state index in [2.05, 4.69) is 21.1 Å². The van der Waals surface area contributed by atoms with Gasteiger partial charge in [-0.25, -0.2) is 4.98 Å². The van der Waals surface area contributed by atoms with Crippen LogP contribution in [0.25, 0.3) is 6.08 Å². The monoisotopic (exact) mass is 322 g/mol. The molecule has 0 spiro atoms. The van der Waals surface area contributed by atoms with E-state index in [0.29, 0.717) is 5.69 Å². The quantitative estimate of drug-likeness (QED) is 0.625. The van der Waals surface area contributed by atoms with Crippen LogP contribution in [0.4, 0.5) is 0 Å². The van der Waals surface area contributed by atoms with Crippen LogP contribution in [0.3, 0.4) is 0 Å². The number of nitriles is 1. The molecule has 0 saturated carbocycles. The maximum Gasteiger partial charge on any atom is 0.142 e. The van der Waals surface area contributed by atoms with Crippen molar-refractivity contribution in [3.63, 3.8) is 0 Å². The number of nitrogens with zero attached hydrogens (tertiary/aromatic N) is 6. The highest BCUT2D eigenvalue weighted by molar-refractivity contribution is 5.96. The van der Waals surface area contributed by atoms with Crippen LogP contribution in [0.2, 0.25) is 0 Å². The van der Waals surface area contributed by atoms with E-state index in [-0.39, 0.29) is 6.17 Å². The highest BCUT2D eigenvalue weighted by Crippen LogP contribution is 2.18. The van der Waals surface area contributed by atoms with Gasteiger partial charge in [0.1, 0.15) is 23.8 Å². The van der Waals surface area contributed by atoms with Gasteiger partial charge < -0.3 is 0 Å². The Labute approximate surface area is 142 Å². The molecule has 2 aromatic rings. The minimum Gasteiger partial charge on any atom is -0.294 e. The molecule has 0 saturated heterocycles. The molecule has 1 atom stereocenters. The van der Waals surface area contributed by atoms with Crippen molar-refractivity contribution in [3.05, 3.63) is 53.4 Å². The van der Waals surface area contributed by atoms with Crippen molar-refractivity contribution in [1.82, 2.24) is 19.5 Å². The predicted octanol–water partition coefficient (Wildman–Crippen LogP) is 3.37. The largest absolute Gasteiger partial charge is 0.294 e. The number of allylic oxidation sites excluding steroid dienone is 1. The van der Waals surface area contributed by atoms with Gasteiger partial charge in [-0.3, -0.25) is 14.6 Å². The minimum atomic E-state index is -0.159. The molecule has 6 heteroatoms. The molecule has 2 heterocycles. The van der Waals surface area contributed by atoms with Gasteiger partial charge in [0.25, 0.3) is 0 Å². The average molecular weight is 322 g/mol. The van der Waals surface area contributed by atoms with E-state index in [1.165, 1.54) is 0 Å². The zero-order valence-corrected chi connectivity index (χ0v) is 14.7. The highest BCUT2D eigenvalue weighted by atomic mass is 15.5. The Balaban J connectivity index is 2.33. The van der Waals surface area contributed by atoms with E-state index in [4.69, 9.17) is 0 Å². The van der Waals surface area contributed by atoms with Crippen LogP contribution in [-0.4, -0.2) is 32.3 Å². The minimum absolute atomic E-state index is 0.159. The number of aryl methyl sites for hydroxylation is 1. The number of hydrogen-bond acceptors (Lipinski definition) is 5. The average Bonchev–Trinajstić information content (AvgIpc) is 2.97. The molecule has 6 nitrogen and oxygen atoms in total. The van der Waals surface area contributed by atoms with Crippen LogP contribution in [0, 0.1) is 18.3 Å². The maximum atomic E-state index is 9.32. The normalized spacial score (nSPS) is 13.1. The molecule has 0 aliphatic carbocycles. The van der Waals surface area contributed by atoms with Crippen LogP contribution in [0.1, 0.15) is 49.8 Å². The van der Waals surface area contributed by atoms with Gasteiger partial charge in [0.05, 0.1) is 17.6 Å². The van der Waals surface area contributed by atoms with E-state index in [1.54, 1.807) is 6.20 Å². The Morgan fingerprint density at radius 2 is 2.21 bits per heavy atom. The summed E-state index contributed by atoms with van der Waals surface area (Å²) in [6.45, 7) is 7.79. The lowest BCUT2D eigenvalue weighted by Gasteiger charge is -2.25. The fraction of sp³-hybridized carbons (Fsp3) is 0.333. The van der Waals surface area contributed by atoms with E-state index < -0.39 is 0 Å². The number of hydrogen-bond donors (Lipinski definition) is 0. The molecule has 24 heavy (non-hydrogen) atoms. The third kappa shape index (κ3) is 3.69. The lowest BCUT2D eigenvalue weighted by molar-refractivity contribution is 0.201. The first kappa shape index (κ1) is 17.4. The van der Waals surface area contributed by atoms with E-state index >= 15 is 0 Å². The van der Waals surface area contributed by atoms with Gasteiger partial charge in [-0.1, -0.05) is 12.1 Å². The molecule has 2 rings (SSSR count). The third-order valence-electron chi connectivity index (χ3n) is 3.74. The Kier molecular flexibility index (Phi) is 5.48. The lowest BCUT2D eigenvalue weighted by Crippen LogP contribution is -2.25. The zero-order valence-electron chi connectivity index (χ0n) is 14.7. The van der Waals surface area contributed by atoms with Gasteiger partial charge in [-0.15, -0.1) is 0 Å². The number of imidazole rings is 1. The van der Waals surface area contributed by atoms with Gasteiger partial charge in [-0.05, 0) is 45.9 Å². The number of rotatable bonds is 5. The summed E-state index contributed by atoms with van der Waals surface area (Å²) < 4.78 is 1.86. The van der Waals surface area contributed by atoms with Gasteiger partial charge in [-0.2, -0.15) is 10.4 Å². The summed E-state index contributed by atoms with van der Waals surface area (Å²) in [4.78, 5) is 8.78. The van der Waals surface area contributed by atoms with Crippen molar-refractivity contribution in [2.75, 3.05) is 7.05 Å². The van der Waals surface area contributed by atoms with Crippen molar-refractivity contribution in [1.29, 1.82) is 5.26 Å². The molecule has 0 aliphatic rings. The third-order valence-corrected chi connectivity index (χ3v) is 3.74. The molecule has 124 valence electrons. The molecule has 0 bridgehead atoms. The summed E-state index contributed by atoms with van der Waals surface area (Å²) in [5.41, 5.74) is 3.12. The topological polar surface area (TPSA) is 70.1 Å². The summed E-state index contributed by atoms with van der Waals surface area (Å²) >= 11 is 0. The summed E-state index contributed by atoms with van der Waals surface area (Å²) in [6.07, 6.45) is 5.20. The Bertz CT molecular complexity index is 809. The summed E-state index contributed by atoms with van der Waals surface area (Å²) in [5.74, 6) is 0.731. The smallest absolute Gasteiger partial charge is 0.142 e. The van der Waals surface area contributed by atoms with Crippen LogP contribution >= 0.6 is 0 Å². The van der Waals surface area contributed by atoms with Gasteiger partial charge >= 0.3 is 0 Å². The van der Waals surface area contributed by atoms with Crippen molar-refractivity contribution < 1.29 is 0 Å². The van der Waals surface area contributed by atoms with Crippen LogP contribution in [-0.2, 0) is 0 Å². The Hall–Kier alpha value is -2.94. The van der Waals surface area contributed by atoms with Crippen molar-refractivity contribution in [3.8, 4) is 6.07 Å². The summed E-state index contributed by atoms with van der Waals surface area (Å²) in [7, 11) is 1.88. The number of aromatic nitrogens is 3. The molecule has 0 amide bonds. The fourth-order valence-corrected chi connectivity index (χ4v) is 2.41. The number of pyridine rings is 1. The molecular formula is C18H22N6. The number of hydrazone groups is 1. The van der Waals surface area contributed by atoms with Crippen LogP contribution < -0.4 is 0 Å². The molecule has 2 aromatic heterocycles. The molecular weight excluding hydrogens is 300 g/mol. The molecule has 1 unspecified atom stereocenters. The second-order valence-corrected chi connectivity index (χ2v) is 5.54. The van der Waals surface area contributed by atoms with Gasteiger partial charge in [0.15, 0.2) is 0 Å². The summed E-state index contributed by atoms with van der Waals surface area (Å²) in [5, 5.41) is 15.8. The summed E-state index contributed by atoms with van der Waals surface area (Å²) in [6, 6.07) is 8.04. The molecule has 0 fully saturated rings. The second kappa shape index (κ2) is 7.55. The van der Waals surface area contributed by atoms with Crippen LogP contribution in [0.15, 0.2) is 35.6 Å². The standard InChI is InChI=1S/C18H22N6/c1-6-8-18-20-12-16(11-19)24(18)15(4)23(5)22-14(3)17-10-7-9-13(2)21-17/h6-10,12,15H,1-5H3/b8-6-,22-14+. The zero-order chi connectivity index (χ0) is 17.7. The molecule has 0 N–H and O–H groups in total. The maximum absolute atomic E-state index is 9.32. The van der Waals surface area contributed by atoms with Crippen molar-refractivity contribution in [2.45, 2.75) is 33.9 Å². The molecule has 0 aromatic carbocycles. The molecule has 0 radical (unpaired) electrons. The first-order chi connectivity index (χ1) is 11.5. The first-order valence-corrected chi connectivity index (χ1v) is 7.80. The second-order valence-electron chi connectivity index (χ2n) is 5.54. The Morgan fingerprint density at radius 3 is 2.83 bits per heavy atom. The lowest BCUT2D eigenvalue weighted by atomic mass is 10.2. The van der Waals surface area contributed by atoms with Gasteiger partial charge in [0.2, 0.25) is 0 Å². The first-order valence-electron chi connectivity index (χ1n) is 7.80. The van der Waals surface area contributed by atoms with Crippen molar-refractivity contribution in [2.24, 2.45) is 5.10 Å². The molecule has 0 aliphatic heterocycles. The fourth-order valence-electron chi connectivity index (χ4n) is 2.41. The highest BCUT2D eigenvalue weighted by Gasteiger charge is 2.17. The Morgan fingerprint density at radius 1 is 1.46 bits per heavy atom. The SMILES string of the molecule is C/C=C\c1ncc(C#N)n1C(C)N(C)/N=C(\C)c1cccc(C)n1. The van der Waals surface area contributed by atoms with E-state index in [0.717, 1.165) is 22.9 Å². The van der Waals surface area contributed by atoms with Gasteiger partial charge in [0, 0.05) is 12.7 Å². The van der Waals surface area contributed by atoms with E-state index in [1.807, 2.05) is 74.7 Å². The van der Waals surface area contributed by atoms with Crippen LogP contribution in [0.5, 0.6) is 0 Å². The predicted molar refractivity (Wildman–Crippen MR) is 95.3 cm³/mol. The van der Waals surface area contributed by atoms with E-state index in [9.17, 15) is 5.26 Å².